The molecule has 5 heteroatoms. The molecule has 1 unspecified atom stereocenters. The van der Waals surface area contributed by atoms with Crippen molar-refractivity contribution in [3.8, 4) is 0 Å². The van der Waals surface area contributed by atoms with E-state index >= 15 is 0 Å². The predicted molar refractivity (Wildman–Crippen MR) is 270 cm³/mol. The van der Waals surface area contributed by atoms with E-state index in [1.54, 1.807) is 0 Å². The molecular formula is C55H110O4S. The van der Waals surface area contributed by atoms with E-state index in [1.807, 2.05) is 12.3 Å². The van der Waals surface area contributed by atoms with Gasteiger partial charge in [0.1, 0.15) is 0 Å². The van der Waals surface area contributed by atoms with Crippen molar-refractivity contribution in [2.45, 2.75) is 303 Å². The van der Waals surface area contributed by atoms with Crippen LogP contribution in [0.1, 0.15) is 297 Å². The van der Waals surface area contributed by atoms with E-state index in [0.717, 1.165) is 58.3 Å². The highest BCUT2D eigenvalue weighted by Crippen LogP contribution is 2.35. The third-order valence-corrected chi connectivity index (χ3v) is 12.9. The van der Waals surface area contributed by atoms with Crippen molar-refractivity contribution in [2.75, 3.05) is 32.2 Å². The summed E-state index contributed by atoms with van der Waals surface area (Å²) in [6.07, 6.45) is 58.9. The topological polar surface area (TPSA) is 36.9 Å². The Labute approximate surface area is 383 Å². The van der Waals surface area contributed by atoms with E-state index in [1.165, 1.54) is 231 Å². The predicted octanol–water partition coefficient (Wildman–Crippen LogP) is 19.2. The Kier molecular flexibility index (Phi) is 51.2. The number of hydrogen-bond acceptors (Lipinski definition) is 5. The van der Waals surface area contributed by atoms with Gasteiger partial charge in [-0.3, -0.25) is 0 Å². The van der Waals surface area contributed by atoms with E-state index in [2.05, 4.69) is 40.3 Å². The summed E-state index contributed by atoms with van der Waals surface area (Å²) in [6, 6.07) is 0. The van der Waals surface area contributed by atoms with Gasteiger partial charge in [-0.2, -0.15) is 12.6 Å². The van der Waals surface area contributed by atoms with Crippen LogP contribution in [0.5, 0.6) is 0 Å². The minimum absolute atomic E-state index is 0.203. The molecule has 1 atom stereocenters. The summed E-state index contributed by atoms with van der Waals surface area (Å²) in [5, 5.41) is 0. The summed E-state index contributed by atoms with van der Waals surface area (Å²) >= 11 is 4.32. The average molecular weight is 868 g/mol. The van der Waals surface area contributed by atoms with Gasteiger partial charge >= 0.3 is 0 Å². The number of thiol groups is 1. The Hall–Kier alpha value is -0.230. The molecule has 60 heavy (non-hydrogen) atoms. The van der Waals surface area contributed by atoms with Gasteiger partial charge in [0.25, 0.3) is 5.97 Å². The number of ether oxygens (including phenoxy) is 4. The number of unbranched alkanes of at least 4 members (excludes halogenated alkanes) is 35. The fraction of sp³-hybridized carbons (Fsp3) is 0.964. The second-order valence-electron chi connectivity index (χ2n) is 18.6. The minimum Gasteiger partial charge on any atom is -0.502 e. The fourth-order valence-corrected chi connectivity index (χ4v) is 8.77. The van der Waals surface area contributed by atoms with Crippen molar-refractivity contribution in [3.63, 3.8) is 0 Å². The Balaban J connectivity index is 5.62. The van der Waals surface area contributed by atoms with Gasteiger partial charge in [-0.25, -0.2) is 0 Å². The van der Waals surface area contributed by atoms with Crippen molar-refractivity contribution < 1.29 is 18.9 Å². The van der Waals surface area contributed by atoms with Crippen LogP contribution in [0.3, 0.4) is 0 Å². The van der Waals surface area contributed by atoms with Gasteiger partial charge in [0.05, 0.1) is 32.7 Å². The molecule has 4 nitrogen and oxygen atoms in total. The lowest BCUT2D eigenvalue weighted by Crippen LogP contribution is -2.47. The summed E-state index contributed by atoms with van der Waals surface area (Å²) in [6.45, 7) is 12.1. The molecule has 0 aliphatic carbocycles. The Morgan fingerprint density at radius 2 is 0.600 bits per heavy atom. The Morgan fingerprint density at radius 3 is 0.900 bits per heavy atom. The first kappa shape index (κ1) is 59.8. The molecule has 0 aromatic carbocycles. The van der Waals surface area contributed by atoms with Crippen LogP contribution in [0.4, 0.5) is 0 Å². The van der Waals surface area contributed by atoms with Gasteiger partial charge in [-0.05, 0) is 44.6 Å². The van der Waals surface area contributed by atoms with Crippen molar-refractivity contribution in [2.24, 2.45) is 5.92 Å². The third-order valence-electron chi connectivity index (χ3n) is 12.7. The van der Waals surface area contributed by atoms with Crippen molar-refractivity contribution in [3.05, 3.63) is 12.3 Å². The molecular weight excluding hydrogens is 757 g/mol. The smallest absolute Gasteiger partial charge is 0.285 e. The quantitative estimate of drug-likeness (QED) is 0.0286. The van der Waals surface area contributed by atoms with Gasteiger partial charge in [0.2, 0.25) is 0 Å². The van der Waals surface area contributed by atoms with Gasteiger partial charge in [0.15, 0.2) is 0 Å². The largest absolute Gasteiger partial charge is 0.502 e. The maximum Gasteiger partial charge on any atom is 0.285 e. The summed E-state index contributed by atoms with van der Waals surface area (Å²) < 4.78 is 27.1. The van der Waals surface area contributed by atoms with Gasteiger partial charge in [-0.15, -0.1) is 0 Å². The maximum absolute atomic E-state index is 7.06. The lowest BCUT2D eigenvalue weighted by Gasteiger charge is -2.40. The van der Waals surface area contributed by atoms with E-state index in [9.17, 15) is 0 Å². The number of hydrogen-bond donors (Lipinski definition) is 1. The van der Waals surface area contributed by atoms with E-state index in [4.69, 9.17) is 18.9 Å². The summed E-state index contributed by atoms with van der Waals surface area (Å²) in [7, 11) is 0. The molecule has 0 amide bonds. The first-order valence-electron chi connectivity index (χ1n) is 27.5. The first-order chi connectivity index (χ1) is 29.7. The van der Waals surface area contributed by atoms with Gasteiger partial charge in [0, 0.05) is 11.7 Å². The molecule has 0 saturated carbocycles. The summed E-state index contributed by atoms with van der Waals surface area (Å²) in [4.78, 5) is 0. The molecule has 0 aliphatic rings. The molecule has 0 bridgehead atoms. The first-order valence-corrected chi connectivity index (χ1v) is 28.1. The van der Waals surface area contributed by atoms with Crippen molar-refractivity contribution >= 4 is 12.6 Å². The van der Waals surface area contributed by atoms with Crippen LogP contribution in [-0.2, 0) is 18.9 Å². The van der Waals surface area contributed by atoms with E-state index < -0.39 is 5.97 Å². The zero-order chi connectivity index (χ0) is 43.6. The molecule has 0 spiro atoms. The highest BCUT2D eigenvalue weighted by atomic mass is 32.1. The SMILES string of the molecule is CCCCCCCCCCCCCOC(OCCCCCCCCCCCCC)(OCCCCCCCCCCCCC)C(CCCCCCCC)CCCOC=CCS. The second kappa shape index (κ2) is 51.4. The zero-order valence-electron chi connectivity index (χ0n) is 41.5. The highest BCUT2D eigenvalue weighted by molar-refractivity contribution is 7.80. The van der Waals surface area contributed by atoms with Crippen LogP contribution in [0.2, 0.25) is 0 Å². The van der Waals surface area contributed by atoms with Crippen LogP contribution in [0, 0.1) is 5.92 Å². The monoisotopic (exact) mass is 867 g/mol. The lowest BCUT2D eigenvalue weighted by atomic mass is 9.92. The van der Waals surface area contributed by atoms with Crippen LogP contribution in [-0.4, -0.2) is 38.2 Å². The zero-order valence-corrected chi connectivity index (χ0v) is 42.4. The van der Waals surface area contributed by atoms with Crippen LogP contribution in [0.25, 0.3) is 0 Å². The average Bonchev–Trinajstić information content (AvgIpc) is 3.26. The molecule has 0 aromatic heterocycles. The Morgan fingerprint density at radius 1 is 0.333 bits per heavy atom. The molecule has 0 N–H and O–H groups in total. The van der Waals surface area contributed by atoms with E-state index in [-0.39, 0.29) is 5.92 Å². The molecule has 0 aromatic rings. The molecule has 0 fully saturated rings. The van der Waals surface area contributed by atoms with Gasteiger partial charge in [-0.1, -0.05) is 259 Å². The number of rotatable bonds is 53. The van der Waals surface area contributed by atoms with Crippen molar-refractivity contribution in [1.29, 1.82) is 0 Å². The van der Waals surface area contributed by atoms with Crippen LogP contribution >= 0.6 is 12.6 Å². The van der Waals surface area contributed by atoms with Crippen LogP contribution in [0.15, 0.2) is 12.3 Å². The van der Waals surface area contributed by atoms with Crippen LogP contribution < -0.4 is 0 Å². The normalized spacial score (nSPS) is 12.6. The minimum atomic E-state index is -0.959. The Bertz CT molecular complexity index is 736. The third kappa shape index (κ3) is 41.8. The maximum atomic E-state index is 7.06. The summed E-state index contributed by atoms with van der Waals surface area (Å²) in [5.74, 6) is -0.0507. The standard InChI is InChI=1S/C55H110O4S/c1-5-9-13-17-21-24-27-30-33-37-41-50-57-55(58-51-42-38-34-31-28-25-22-18-14-10-6-2,59-52-43-39-35-32-29-26-23-19-15-11-7-3)54(46-40-36-20-16-12-8-4)47-44-48-56-49-45-53-60/h45,49,54,60H,5-44,46-48,50-53H2,1-4H3. The summed E-state index contributed by atoms with van der Waals surface area (Å²) in [5.41, 5.74) is 0. The second-order valence-corrected chi connectivity index (χ2v) is 18.9. The highest BCUT2D eigenvalue weighted by Gasteiger charge is 2.42. The molecule has 360 valence electrons. The van der Waals surface area contributed by atoms with Crippen molar-refractivity contribution in [1.82, 2.24) is 0 Å². The van der Waals surface area contributed by atoms with Gasteiger partial charge < -0.3 is 18.9 Å². The molecule has 0 rings (SSSR count). The molecule has 0 radical (unpaired) electrons. The lowest BCUT2D eigenvalue weighted by molar-refractivity contribution is -0.407. The molecule has 0 aliphatic heterocycles. The fourth-order valence-electron chi connectivity index (χ4n) is 8.68. The van der Waals surface area contributed by atoms with E-state index in [0.29, 0.717) is 12.4 Å². The molecule has 0 saturated heterocycles. The molecule has 0 heterocycles.